The van der Waals surface area contributed by atoms with E-state index in [4.69, 9.17) is 0 Å². The maximum Gasteiger partial charge on any atom is 0.238 e. The smallest absolute Gasteiger partial charge is 0.211 e. The standard InChI is InChI=1S/C8H16F2/c1-8(2,3)6-4-5-7(9)10/h7H,4-6H2,1-3H3. The summed E-state index contributed by atoms with van der Waals surface area (Å²) in [7, 11) is 0. The lowest BCUT2D eigenvalue weighted by Gasteiger charge is -2.17. The van der Waals surface area contributed by atoms with E-state index in [-0.39, 0.29) is 11.8 Å². The average Bonchev–Trinajstić information content (AvgIpc) is 1.59. The molecule has 0 bridgehead atoms. The predicted octanol–water partition coefficient (Wildman–Crippen LogP) is 3.47. The quantitative estimate of drug-likeness (QED) is 0.578. The minimum absolute atomic E-state index is 0.0528. The van der Waals surface area contributed by atoms with Gasteiger partial charge in [-0.1, -0.05) is 20.8 Å². The van der Waals surface area contributed by atoms with Crippen LogP contribution in [-0.4, -0.2) is 6.43 Å². The molecule has 0 amide bonds. The van der Waals surface area contributed by atoms with E-state index in [0.717, 1.165) is 6.42 Å². The van der Waals surface area contributed by atoms with Crippen LogP contribution >= 0.6 is 0 Å². The van der Waals surface area contributed by atoms with Gasteiger partial charge in [0.05, 0.1) is 0 Å². The van der Waals surface area contributed by atoms with Crippen molar-refractivity contribution in [3.63, 3.8) is 0 Å². The Morgan fingerprint density at radius 3 is 2.00 bits per heavy atom. The fourth-order valence-electron chi connectivity index (χ4n) is 0.787. The third-order valence-corrected chi connectivity index (χ3v) is 1.35. The lowest BCUT2D eigenvalue weighted by molar-refractivity contribution is 0.129. The summed E-state index contributed by atoms with van der Waals surface area (Å²) in [5.74, 6) is 0. The lowest BCUT2D eigenvalue weighted by atomic mass is 9.90. The average molecular weight is 150 g/mol. The zero-order valence-electron chi connectivity index (χ0n) is 6.95. The number of hydrogen-bond acceptors (Lipinski definition) is 0. The molecule has 0 aromatic rings. The van der Waals surface area contributed by atoms with Gasteiger partial charge in [-0.05, 0) is 18.3 Å². The minimum Gasteiger partial charge on any atom is -0.211 e. The van der Waals surface area contributed by atoms with E-state index in [2.05, 4.69) is 20.8 Å². The van der Waals surface area contributed by atoms with Crippen LogP contribution in [0.25, 0.3) is 0 Å². The van der Waals surface area contributed by atoms with Crippen molar-refractivity contribution in [2.45, 2.75) is 46.5 Å². The van der Waals surface area contributed by atoms with E-state index < -0.39 is 6.43 Å². The van der Waals surface area contributed by atoms with E-state index in [1.807, 2.05) is 0 Å². The summed E-state index contributed by atoms with van der Waals surface area (Å²) in [6.07, 6.45) is -0.544. The molecule has 0 aliphatic carbocycles. The van der Waals surface area contributed by atoms with Crippen molar-refractivity contribution in [1.82, 2.24) is 0 Å². The van der Waals surface area contributed by atoms with Crippen molar-refractivity contribution in [3.8, 4) is 0 Å². The summed E-state index contributed by atoms with van der Waals surface area (Å²) in [6, 6.07) is 0. The Balaban J connectivity index is 3.21. The largest absolute Gasteiger partial charge is 0.238 e. The second-order valence-electron chi connectivity index (χ2n) is 3.84. The first kappa shape index (κ1) is 9.86. The molecule has 0 fully saturated rings. The highest BCUT2D eigenvalue weighted by Crippen LogP contribution is 2.22. The molecule has 0 heterocycles. The summed E-state index contributed by atoms with van der Waals surface area (Å²) in [6.45, 7) is 6.20. The van der Waals surface area contributed by atoms with Crippen LogP contribution in [0.1, 0.15) is 40.0 Å². The maximum absolute atomic E-state index is 11.6. The zero-order chi connectivity index (χ0) is 8.20. The topological polar surface area (TPSA) is 0 Å². The van der Waals surface area contributed by atoms with Crippen molar-refractivity contribution < 1.29 is 8.78 Å². The summed E-state index contributed by atoms with van der Waals surface area (Å²) in [5, 5.41) is 0. The van der Waals surface area contributed by atoms with Crippen molar-refractivity contribution in [2.75, 3.05) is 0 Å². The first-order valence-electron chi connectivity index (χ1n) is 3.70. The Morgan fingerprint density at radius 2 is 1.70 bits per heavy atom. The molecular formula is C8H16F2. The van der Waals surface area contributed by atoms with E-state index in [0.29, 0.717) is 6.42 Å². The number of rotatable bonds is 3. The molecule has 0 N–H and O–H groups in total. The molecule has 0 aliphatic rings. The van der Waals surface area contributed by atoms with Crippen LogP contribution in [0.2, 0.25) is 0 Å². The van der Waals surface area contributed by atoms with Crippen molar-refractivity contribution in [1.29, 1.82) is 0 Å². The van der Waals surface area contributed by atoms with Gasteiger partial charge in [0.25, 0.3) is 0 Å². The molecule has 0 nitrogen and oxygen atoms in total. The van der Waals surface area contributed by atoms with Crippen molar-refractivity contribution in [3.05, 3.63) is 0 Å². The highest BCUT2D eigenvalue weighted by Gasteiger charge is 2.11. The Labute approximate surface area is 61.6 Å². The molecule has 0 saturated carbocycles. The maximum atomic E-state index is 11.6. The van der Waals surface area contributed by atoms with Crippen LogP contribution in [0.5, 0.6) is 0 Å². The second-order valence-corrected chi connectivity index (χ2v) is 3.84. The Kier molecular flexibility index (Phi) is 3.84. The SMILES string of the molecule is CC(C)(C)CCCC(F)F. The van der Waals surface area contributed by atoms with Gasteiger partial charge in [-0.15, -0.1) is 0 Å². The van der Waals surface area contributed by atoms with E-state index in [9.17, 15) is 8.78 Å². The van der Waals surface area contributed by atoms with Gasteiger partial charge in [-0.3, -0.25) is 0 Å². The van der Waals surface area contributed by atoms with Crippen LogP contribution in [0.4, 0.5) is 8.78 Å². The van der Waals surface area contributed by atoms with Crippen LogP contribution in [0, 0.1) is 5.41 Å². The summed E-state index contributed by atoms with van der Waals surface area (Å²) in [5.41, 5.74) is 0.203. The fourth-order valence-corrected chi connectivity index (χ4v) is 0.787. The predicted molar refractivity (Wildman–Crippen MR) is 39.3 cm³/mol. The zero-order valence-corrected chi connectivity index (χ0v) is 6.95. The van der Waals surface area contributed by atoms with E-state index in [1.54, 1.807) is 0 Å². The number of hydrogen-bond donors (Lipinski definition) is 0. The third kappa shape index (κ3) is 7.86. The highest BCUT2D eigenvalue weighted by atomic mass is 19.3. The van der Waals surface area contributed by atoms with Gasteiger partial charge in [0, 0.05) is 6.42 Å². The van der Waals surface area contributed by atoms with Crippen LogP contribution in [0.15, 0.2) is 0 Å². The van der Waals surface area contributed by atoms with Gasteiger partial charge in [0.1, 0.15) is 0 Å². The van der Waals surface area contributed by atoms with Gasteiger partial charge < -0.3 is 0 Å². The van der Waals surface area contributed by atoms with E-state index >= 15 is 0 Å². The molecule has 0 atom stereocenters. The molecule has 0 saturated heterocycles. The van der Waals surface area contributed by atoms with Gasteiger partial charge in [-0.25, -0.2) is 8.78 Å². The number of alkyl halides is 2. The fraction of sp³-hybridized carbons (Fsp3) is 1.00. The normalized spacial score (nSPS) is 12.6. The van der Waals surface area contributed by atoms with Crippen molar-refractivity contribution >= 4 is 0 Å². The molecule has 0 unspecified atom stereocenters. The van der Waals surface area contributed by atoms with Crippen LogP contribution < -0.4 is 0 Å². The second kappa shape index (κ2) is 3.89. The van der Waals surface area contributed by atoms with Gasteiger partial charge >= 0.3 is 0 Å². The minimum atomic E-state index is -2.12. The van der Waals surface area contributed by atoms with Crippen LogP contribution in [-0.2, 0) is 0 Å². The van der Waals surface area contributed by atoms with Crippen molar-refractivity contribution in [2.24, 2.45) is 5.41 Å². The van der Waals surface area contributed by atoms with Crippen LogP contribution in [0.3, 0.4) is 0 Å². The molecule has 0 rings (SSSR count). The lowest BCUT2D eigenvalue weighted by Crippen LogP contribution is -2.05. The number of halogens is 2. The van der Waals surface area contributed by atoms with Gasteiger partial charge in [0.2, 0.25) is 6.43 Å². The molecule has 10 heavy (non-hydrogen) atoms. The molecule has 0 spiro atoms. The molecule has 0 aliphatic heterocycles. The molecule has 62 valence electrons. The monoisotopic (exact) mass is 150 g/mol. The molecule has 2 heteroatoms. The summed E-state index contributed by atoms with van der Waals surface area (Å²) in [4.78, 5) is 0. The Bertz CT molecular complexity index is 81.7. The Morgan fingerprint density at radius 1 is 1.20 bits per heavy atom. The Hall–Kier alpha value is -0.140. The molecule has 0 aromatic heterocycles. The summed E-state index contributed by atoms with van der Waals surface area (Å²) < 4.78 is 23.2. The molecule has 0 aromatic carbocycles. The highest BCUT2D eigenvalue weighted by molar-refractivity contribution is 4.61. The molecular weight excluding hydrogens is 134 g/mol. The van der Waals surface area contributed by atoms with Gasteiger partial charge in [-0.2, -0.15) is 0 Å². The first-order valence-corrected chi connectivity index (χ1v) is 3.70. The molecule has 0 radical (unpaired) electrons. The van der Waals surface area contributed by atoms with E-state index in [1.165, 1.54) is 0 Å². The van der Waals surface area contributed by atoms with Gasteiger partial charge in [0.15, 0.2) is 0 Å². The summed E-state index contributed by atoms with van der Waals surface area (Å²) >= 11 is 0. The first-order chi connectivity index (χ1) is 4.42. The third-order valence-electron chi connectivity index (χ3n) is 1.35.